The molecular weight excluding hydrogens is 336 g/mol. The summed E-state index contributed by atoms with van der Waals surface area (Å²) in [6.45, 7) is 0. The van der Waals surface area contributed by atoms with Crippen molar-refractivity contribution in [1.29, 1.82) is 10.5 Å². The third-order valence-corrected chi connectivity index (χ3v) is 3.47. The molecule has 25 heavy (non-hydrogen) atoms. The Labute approximate surface area is 150 Å². The van der Waals surface area contributed by atoms with E-state index in [1.165, 1.54) is 6.07 Å². The van der Waals surface area contributed by atoms with Crippen LogP contribution in [0.2, 0.25) is 5.02 Å². The second-order valence-corrected chi connectivity index (χ2v) is 5.54. The van der Waals surface area contributed by atoms with Crippen LogP contribution in [0.1, 0.15) is 11.1 Å². The summed E-state index contributed by atoms with van der Waals surface area (Å²) in [7, 11) is 0. The van der Waals surface area contributed by atoms with E-state index in [-0.39, 0.29) is 0 Å². The van der Waals surface area contributed by atoms with E-state index in [1.807, 2.05) is 12.1 Å². The van der Waals surface area contributed by atoms with Crippen LogP contribution >= 0.6 is 11.6 Å². The molecule has 0 N–H and O–H groups in total. The number of hydrogen-bond acceptors (Lipinski definition) is 4. The van der Waals surface area contributed by atoms with Gasteiger partial charge in [0.2, 0.25) is 0 Å². The maximum Gasteiger partial charge on any atom is 0.131 e. The van der Waals surface area contributed by atoms with Gasteiger partial charge in [-0.05, 0) is 48.5 Å². The predicted octanol–water partition coefficient (Wildman–Crippen LogP) is 5.67. The molecule has 0 amide bonds. The van der Waals surface area contributed by atoms with Crippen LogP contribution in [0.3, 0.4) is 0 Å². The van der Waals surface area contributed by atoms with Gasteiger partial charge in [0.05, 0.1) is 23.3 Å². The summed E-state index contributed by atoms with van der Waals surface area (Å²) in [5.74, 6) is 2.13. The van der Waals surface area contributed by atoms with Crippen LogP contribution in [0, 0.1) is 22.7 Å². The van der Waals surface area contributed by atoms with E-state index < -0.39 is 0 Å². The van der Waals surface area contributed by atoms with Crippen molar-refractivity contribution in [2.75, 3.05) is 0 Å². The van der Waals surface area contributed by atoms with Crippen molar-refractivity contribution < 1.29 is 9.47 Å². The fourth-order valence-corrected chi connectivity index (χ4v) is 2.37. The number of rotatable bonds is 4. The fraction of sp³-hybridized carbons (Fsp3) is 0. The van der Waals surface area contributed by atoms with Crippen LogP contribution < -0.4 is 9.47 Å². The first-order chi connectivity index (χ1) is 12.2. The Morgan fingerprint density at radius 3 is 1.72 bits per heavy atom. The molecule has 0 spiro atoms. The van der Waals surface area contributed by atoms with Gasteiger partial charge in [0.15, 0.2) is 0 Å². The highest BCUT2D eigenvalue weighted by Crippen LogP contribution is 2.30. The van der Waals surface area contributed by atoms with Crippen molar-refractivity contribution in [2.45, 2.75) is 0 Å². The zero-order valence-corrected chi connectivity index (χ0v) is 13.7. The Balaban J connectivity index is 1.83. The van der Waals surface area contributed by atoms with Gasteiger partial charge in [-0.1, -0.05) is 23.7 Å². The van der Waals surface area contributed by atoms with Crippen molar-refractivity contribution in [3.63, 3.8) is 0 Å². The minimum absolute atomic E-state index is 0.361. The monoisotopic (exact) mass is 346 g/mol. The second-order valence-electron chi connectivity index (χ2n) is 5.11. The van der Waals surface area contributed by atoms with Crippen molar-refractivity contribution in [3.8, 4) is 35.1 Å². The predicted molar refractivity (Wildman–Crippen MR) is 93.9 cm³/mol. The molecule has 3 aromatic rings. The number of benzene rings is 3. The standard InChI is InChI=1S/C20H11ClN2O2/c21-16-3-1-4-17(10-16)24-18-5-2-6-19(11-18)25-20-8-14(12-22)7-15(9-20)13-23/h1-11H. The Morgan fingerprint density at radius 2 is 1.16 bits per heavy atom. The molecule has 120 valence electrons. The molecule has 0 aliphatic heterocycles. The lowest BCUT2D eigenvalue weighted by molar-refractivity contribution is 0.460. The summed E-state index contributed by atoms with van der Waals surface area (Å²) in [6, 6.07) is 22.8. The van der Waals surface area contributed by atoms with E-state index in [1.54, 1.807) is 60.7 Å². The summed E-state index contributed by atoms with van der Waals surface area (Å²) in [4.78, 5) is 0. The SMILES string of the molecule is N#Cc1cc(C#N)cc(Oc2cccc(Oc3cccc(Cl)c3)c2)c1. The molecule has 0 atom stereocenters. The highest BCUT2D eigenvalue weighted by atomic mass is 35.5. The zero-order chi connectivity index (χ0) is 17.6. The van der Waals surface area contributed by atoms with E-state index in [0.717, 1.165) is 0 Å². The van der Waals surface area contributed by atoms with Gasteiger partial charge < -0.3 is 9.47 Å². The Kier molecular flexibility index (Phi) is 4.85. The van der Waals surface area contributed by atoms with Crippen LogP contribution in [-0.2, 0) is 0 Å². The number of ether oxygens (including phenoxy) is 2. The first kappa shape index (κ1) is 16.4. The number of nitrogens with zero attached hydrogens (tertiary/aromatic N) is 2. The van der Waals surface area contributed by atoms with Crippen molar-refractivity contribution in [2.24, 2.45) is 0 Å². The zero-order valence-electron chi connectivity index (χ0n) is 12.9. The van der Waals surface area contributed by atoms with E-state index in [2.05, 4.69) is 0 Å². The molecule has 0 fully saturated rings. The van der Waals surface area contributed by atoms with Crippen LogP contribution in [0.25, 0.3) is 0 Å². The van der Waals surface area contributed by atoms with Gasteiger partial charge in [-0.15, -0.1) is 0 Å². The van der Waals surface area contributed by atoms with Crippen molar-refractivity contribution in [1.82, 2.24) is 0 Å². The van der Waals surface area contributed by atoms with Crippen molar-refractivity contribution in [3.05, 3.63) is 82.9 Å². The van der Waals surface area contributed by atoms with Crippen molar-refractivity contribution >= 4 is 11.6 Å². The second kappa shape index (κ2) is 7.40. The molecular formula is C20H11ClN2O2. The summed E-state index contributed by atoms with van der Waals surface area (Å²) < 4.78 is 11.5. The quantitative estimate of drug-likeness (QED) is 0.610. The lowest BCUT2D eigenvalue weighted by Crippen LogP contribution is -1.89. The van der Waals surface area contributed by atoms with E-state index >= 15 is 0 Å². The molecule has 3 rings (SSSR count). The molecule has 0 aliphatic carbocycles. The summed E-state index contributed by atoms with van der Waals surface area (Å²) in [5, 5.41) is 18.7. The molecule has 0 saturated carbocycles. The molecule has 4 nitrogen and oxygen atoms in total. The minimum atomic E-state index is 0.361. The Hall–Kier alpha value is -3.47. The van der Waals surface area contributed by atoms with Crippen LogP contribution in [-0.4, -0.2) is 0 Å². The van der Waals surface area contributed by atoms with Gasteiger partial charge in [0, 0.05) is 11.1 Å². The average molecular weight is 347 g/mol. The molecule has 0 aromatic heterocycles. The third-order valence-electron chi connectivity index (χ3n) is 3.24. The van der Waals surface area contributed by atoms with Gasteiger partial charge in [0.25, 0.3) is 0 Å². The number of hydrogen-bond donors (Lipinski definition) is 0. The fourth-order valence-electron chi connectivity index (χ4n) is 2.19. The molecule has 0 unspecified atom stereocenters. The molecule has 3 aromatic carbocycles. The van der Waals surface area contributed by atoms with Gasteiger partial charge in [-0.25, -0.2) is 0 Å². The molecule has 0 heterocycles. The number of nitriles is 2. The molecule has 0 saturated heterocycles. The Morgan fingerprint density at radius 1 is 0.640 bits per heavy atom. The first-order valence-corrected chi connectivity index (χ1v) is 7.71. The van der Waals surface area contributed by atoms with Crippen LogP contribution in [0.15, 0.2) is 66.7 Å². The molecule has 0 bridgehead atoms. The lowest BCUT2D eigenvalue weighted by Gasteiger charge is -2.10. The van der Waals surface area contributed by atoms with Crippen LogP contribution in [0.4, 0.5) is 0 Å². The third kappa shape index (κ3) is 4.29. The van der Waals surface area contributed by atoms with Crippen LogP contribution in [0.5, 0.6) is 23.0 Å². The lowest BCUT2D eigenvalue weighted by atomic mass is 10.1. The molecule has 0 aliphatic rings. The van der Waals surface area contributed by atoms with E-state index in [0.29, 0.717) is 39.1 Å². The number of halogens is 1. The largest absolute Gasteiger partial charge is 0.457 e. The molecule has 5 heteroatoms. The normalized spacial score (nSPS) is 9.72. The summed E-state index contributed by atoms with van der Waals surface area (Å²) in [5.41, 5.74) is 0.723. The topological polar surface area (TPSA) is 66.0 Å². The smallest absolute Gasteiger partial charge is 0.131 e. The maximum atomic E-state index is 9.03. The van der Waals surface area contributed by atoms with Gasteiger partial charge >= 0.3 is 0 Å². The summed E-state index contributed by atoms with van der Waals surface area (Å²) in [6.07, 6.45) is 0. The van der Waals surface area contributed by atoms with Gasteiger partial charge in [-0.2, -0.15) is 10.5 Å². The summed E-state index contributed by atoms with van der Waals surface area (Å²) >= 11 is 5.95. The Bertz CT molecular complexity index is 971. The average Bonchev–Trinajstić information content (AvgIpc) is 2.61. The highest BCUT2D eigenvalue weighted by Gasteiger charge is 2.05. The highest BCUT2D eigenvalue weighted by molar-refractivity contribution is 6.30. The van der Waals surface area contributed by atoms with E-state index in [9.17, 15) is 0 Å². The van der Waals surface area contributed by atoms with Gasteiger partial charge in [0.1, 0.15) is 23.0 Å². The maximum absolute atomic E-state index is 9.03. The minimum Gasteiger partial charge on any atom is -0.457 e. The first-order valence-electron chi connectivity index (χ1n) is 7.33. The molecule has 0 radical (unpaired) electrons. The van der Waals surface area contributed by atoms with E-state index in [4.69, 9.17) is 31.6 Å². The van der Waals surface area contributed by atoms with Gasteiger partial charge in [-0.3, -0.25) is 0 Å².